The molecule has 0 radical (unpaired) electrons. The summed E-state index contributed by atoms with van der Waals surface area (Å²) < 4.78 is 5.71. The predicted octanol–water partition coefficient (Wildman–Crippen LogP) is 1.26. The smallest absolute Gasteiger partial charge is 0.223 e. The first-order chi connectivity index (χ1) is 10.0. The van der Waals surface area contributed by atoms with Gasteiger partial charge in [-0.1, -0.05) is 0 Å². The fraction of sp³-hybridized carbons (Fsp3) is 0.667. The number of nitrogens with zero attached hydrogens (tertiary/aromatic N) is 3. The molecule has 1 aromatic rings. The van der Waals surface area contributed by atoms with Crippen LogP contribution in [-0.4, -0.2) is 58.5 Å². The van der Waals surface area contributed by atoms with Crippen LogP contribution in [0.5, 0.6) is 0 Å². The highest BCUT2D eigenvalue weighted by Gasteiger charge is 2.36. The van der Waals surface area contributed by atoms with Gasteiger partial charge in [0.05, 0.1) is 24.0 Å². The van der Waals surface area contributed by atoms with Crippen molar-refractivity contribution in [2.75, 3.05) is 25.0 Å². The first kappa shape index (κ1) is 14.4. The molecule has 0 aromatic carbocycles. The summed E-state index contributed by atoms with van der Waals surface area (Å²) in [5.41, 5.74) is 1.32. The van der Waals surface area contributed by atoms with Gasteiger partial charge in [-0.2, -0.15) is 0 Å². The van der Waals surface area contributed by atoms with E-state index in [0.29, 0.717) is 29.7 Å². The standard InChI is InChI=1S/C15H22N4O2/c1-9-6-19-7-12(4-13(19)8-21-9)18-15-16-5-14(11(3)20)10(2)17-15/h5,9,12-13H,4,6-8H2,1-3H3,(H,16,17,18)/t9-,12+,13+/m1/s1. The average Bonchev–Trinajstić information content (AvgIpc) is 2.79. The van der Waals surface area contributed by atoms with Crippen LogP contribution in [0.3, 0.4) is 0 Å². The Hall–Kier alpha value is -1.53. The highest BCUT2D eigenvalue weighted by Crippen LogP contribution is 2.24. The number of carbonyl (C=O) groups excluding carboxylic acids is 1. The van der Waals surface area contributed by atoms with Crippen molar-refractivity contribution >= 4 is 11.7 Å². The average molecular weight is 290 g/mol. The normalized spacial score (nSPS) is 29.2. The molecule has 21 heavy (non-hydrogen) atoms. The third-order valence-electron chi connectivity index (χ3n) is 4.28. The predicted molar refractivity (Wildman–Crippen MR) is 79.6 cm³/mol. The number of hydrogen-bond acceptors (Lipinski definition) is 6. The summed E-state index contributed by atoms with van der Waals surface area (Å²) in [6, 6.07) is 0.836. The Bertz CT molecular complexity index is 548. The van der Waals surface area contributed by atoms with Crippen molar-refractivity contribution in [3.05, 3.63) is 17.5 Å². The van der Waals surface area contributed by atoms with Crippen LogP contribution in [0, 0.1) is 6.92 Å². The number of anilines is 1. The molecule has 1 aromatic heterocycles. The molecule has 6 heteroatoms. The van der Waals surface area contributed by atoms with Crippen LogP contribution in [-0.2, 0) is 4.74 Å². The molecule has 2 aliphatic rings. The molecule has 2 fully saturated rings. The molecule has 0 amide bonds. The van der Waals surface area contributed by atoms with Gasteiger partial charge in [0.25, 0.3) is 0 Å². The van der Waals surface area contributed by atoms with Crippen molar-refractivity contribution in [3.63, 3.8) is 0 Å². The van der Waals surface area contributed by atoms with Gasteiger partial charge >= 0.3 is 0 Å². The number of morpholine rings is 1. The molecule has 2 saturated heterocycles. The summed E-state index contributed by atoms with van der Waals surface area (Å²) in [6.07, 6.45) is 2.97. The van der Waals surface area contributed by atoms with Crippen molar-refractivity contribution in [1.29, 1.82) is 0 Å². The minimum Gasteiger partial charge on any atom is -0.376 e. The van der Waals surface area contributed by atoms with E-state index in [4.69, 9.17) is 4.74 Å². The Kier molecular flexibility index (Phi) is 3.91. The number of carbonyl (C=O) groups is 1. The topological polar surface area (TPSA) is 67.3 Å². The zero-order valence-electron chi connectivity index (χ0n) is 12.8. The van der Waals surface area contributed by atoms with E-state index in [1.54, 1.807) is 6.20 Å². The van der Waals surface area contributed by atoms with Crippen LogP contribution >= 0.6 is 0 Å². The zero-order valence-corrected chi connectivity index (χ0v) is 12.8. The first-order valence-corrected chi connectivity index (χ1v) is 7.49. The van der Waals surface area contributed by atoms with Gasteiger partial charge in [0.1, 0.15) is 0 Å². The second-order valence-electron chi connectivity index (χ2n) is 6.08. The van der Waals surface area contributed by atoms with Crippen LogP contribution < -0.4 is 5.32 Å². The van der Waals surface area contributed by atoms with Gasteiger partial charge in [-0.15, -0.1) is 0 Å². The maximum atomic E-state index is 11.4. The van der Waals surface area contributed by atoms with E-state index in [1.165, 1.54) is 6.92 Å². The van der Waals surface area contributed by atoms with Gasteiger partial charge < -0.3 is 10.1 Å². The summed E-state index contributed by atoms with van der Waals surface area (Å²) in [4.78, 5) is 22.5. The Morgan fingerprint density at radius 1 is 1.48 bits per heavy atom. The maximum absolute atomic E-state index is 11.4. The van der Waals surface area contributed by atoms with Crippen molar-refractivity contribution in [2.24, 2.45) is 0 Å². The summed E-state index contributed by atoms with van der Waals surface area (Å²) in [5.74, 6) is 0.611. The fourth-order valence-electron chi connectivity index (χ4n) is 3.21. The number of aryl methyl sites for hydroxylation is 1. The second-order valence-corrected chi connectivity index (χ2v) is 6.08. The SMILES string of the molecule is CC(=O)c1cnc(N[C@H]2C[C@H]3CO[C@H](C)CN3C2)nc1C. The molecule has 0 spiro atoms. The van der Waals surface area contributed by atoms with Crippen LogP contribution in [0.2, 0.25) is 0 Å². The quantitative estimate of drug-likeness (QED) is 0.845. The third kappa shape index (κ3) is 3.06. The van der Waals surface area contributed by atoms with E-state index < -0.39 is 0 Å². The van der Waals surface area contributed by atoms with E-state index in [0.717, 1.165) is 31.8 Å². The molecule has 1 N–H and O–H groups in total. The van der Waals surface area contributed by atoms with E-state index in [1.807, 2.05) is 6.92 Å². The molecule has 3 atom stereocenters. The maximum Gasteiger partial charge on any atom is 0.223 e. The van der Waals surface area contributed by atoms with Crippen LogP contribution in [0.4, 0.5) is 5.95 Å². The molecular formula is C15H22N4O2. The van der Waals surface area contributed by atoms with Crippen molar-refractivity contribution in [3.8, 4) is 0 Å². The highest BCUT2D eigenvalue weighted by atomic mass is 16.5. The van der Waals surface area contributed by atoms with Crippen LogP contribution in [0.25, 0.3) is 0 Å². The van der Waals surface area contributed by atoms with Crippen molar-refractivity contribution in [2.45, 2.75) is 45.4 Å². The van der Waals surface area contributed by atoms with Gasteiger partial charge in [-0.3, -0.25) is 9.69 Å². The van der Waals surface area contributed by atoms with Gasteiger partial charge in [0.2, 0.25) is 5.95 Å². The molecule has 0 unspecified atom stereocenters. The number of ether oxygens (including phenoxy) is 1. The summed E-state index contributed by atoms with van der Waals surface area (Å²) in [7, 11) is 0. The van der Waals surface area contributed by atoms with Gasteiger partial charge in [-0.05, 0) is 27.2 Å². The molecule has 3 rings (SSSR count). The van der Waals surface area contributed by atoms with E-state index in [-0.39, 0.29) is 5.78 Å². The largest absolute Gasteiger partial charge is 0.376 e. The summed E-state index contributed by atoms with van der Waals surface area (Å²) in [5, 5.41) is 3.39. The second kappa shape index (κ2) is 5.69. The van der Waals surface area contributed by atoms with Crippen molar-refractivity contribution in [1.82, 2.24) is 14.9 Å². The Labute approximate surface area is 124 Å². The lowest BCUT2D eigenvalue weighted by atomic mass is 10.1. The molecule has 0 saturated carbocycles. The molecular weight excluding hydrogens is 268 g/mol. The monoisotopic (exact) mass is 290 g/mol. The van der Waals surface area contributed by atoms with E-state index in [9.17, 15) is 4.79 Å². The van der Waals surface area contributed by atoms with Gasteiger partial charge in [0.15, 0.2) is 5.78 Å². The Morgan fingerprint density at radius 2 is 2.29 bits per heavy atom. The number of nitrogens with one attached hydrogen (secondary N) is 1. The summed E-state index contributed by atoms with van der Waals surface area (Å²) >= 11 is 0. The van der Waals surface area contributed by atoms with Gasteiger partial charge in [0, 0.05) is 31.4 Å². The number of rotatable bonds is 3. The molecule has 0 aliphatic carbocycles. The zero-order chi connectivity index (χ0) is 15.0. The van der Waals surface area contributed by atoms with Crippen LogP contribution in [0.15, 0.2) is 6.20 Å². The minimum atomic E-state index is 0.00295. The molecule has 114 valence electrons. The lowest BCUT2D eigenvalue weighted by Gasteiger charge is -2.33. The molecule has 3 heterocycles. The summed E-state index contributed by atoms with van der Waals surface area (Å²) in [6.45, 7) is 8.29. The molecule has 2 aliphatic heterocycles. The Morgan fingerprint density at radius 3 is 3.00 bits per heavy atom. The van der Waals surface area contributed by atoms with E-state index >= 15 is 0 Å². The van der Waals surface area contributed by atoms with Crippen LogP contribution in [0.1, 0.15) is 36.3 Å². The van der Waals surface area contributed by atoms with Gasteiger partial charge in [-0.25, -0.2) is 9.97 Å². The van der Waals surface area contributed by atoms with Crippen molar-refractivity contribution < 1.29 is 9.53 Å². The van der Waals surface area contributed by atoms with E-state index in [2.05, 4.69) is 27.1 Å². The number of hydrogen-bond donors (Lipinski definition) is 1. The fourth-order valence-corrected chi connectivity index (χ4v) is 3.21. The minimum absolute atomic E-state index is 0.00295. The highest BCUT2D eigenvalue weighted by molar-refractivity contribution is 5.94. The Balaban J connectivity index is 1.65. The lowest BCUT2D eigenvalue weighted by Crippen LogP contribution is -2.45. The number of aromatic nitrogens is 2. The first-order valence-electron chi connectivity index (χ1n) is 7.49. The number of ketones is 1. The molecule has 0 bridgehead atoms. The molecule has 6 nitrogen and oxygen atoms in total. The number of fused-ring (bicyclic) bond motifs is 1. The number of Topliss-reactive ketones (excluding diaryl/α,β-unsaturated/α-hetero) is 1. The lowest BCUT2D eigenvalue weighted by molar-refractivity contribution is -0.0390. The third-order valence-corrected chi connectivity index (χ3v) is 4.28.